The van der Waals surface area contributed by atoms with Crippen LogP contribution in [0.25, 0.3) is 0 Å². The van der Waals surface area contributed by atoms with Gasteiger partial charge >= 0.3 is 0 Å². The summed E-state index contributed by atoms with van der Waals surface area (Å²) >= 11 is 6.25. The van der Waals surface area contributed by atoms with Crippen LogP contribution < -0.4 is 9.64 Å². The van der Waals surface area contributed by atoms with Crippen LogP contribution in [0.5, 0.6) is 5.75 Å². The van der Waals surface area contributed by atoms with Gasteiger partial charge < -0.3 is 14.5 Å². The maximum absolute atomic E-state index is 12.8. The lowest BCUT2D eigenvalue weighted by Gasteiger charge is -2.36. The second-order valence-corrected chi connectivity index (χ2v) is 9.36. The first-order valence-corrected chi connectivity index (χ1v) is 12.5. The molecule has 2 aliphatic rings. The van der Waals surface area contributed by atoms with Crippen molar-refractivity contribution in [3.8, 4) is 5.75 Å². The number of nitrogens with zero attached hydrogens (tertiary/aromatic N) is 3. The number of aliphatic imine (C=N–C) groups is 1. The van der Waals surface area contributed by atoms with Gasteiger partial charge in [0, 0.05) is 37.1 Å². The summed E-state index contributed by atoms with van der Waals surface area (Å²) in [6, 6.07) is 14.1. The molecule has 6 heteroatoms. The highest BCUT2D eigenvalue weighted by Crippen LogP contribution is 2.34. The van der Waals surface area contributed by atoms with E-state index in [1.807, 2.05) is 37.4 Å². The minimum absolute atomic E-state index is 0.231. The number of anilines is 1. The van der Waals surface area contributed by atoms with Crippen LogP contribution in [0, 0.1) is 0 Å². The van der Waals surface area contributed by atoms with E-state index in [1.54, 1.807) is 0 Å². The molecule has 0 aromatic heterocycles. The van der Waals surface area contributed by atoms with Crippen molar-refractivity contribution in [2.24, 2.45) is 4.99 Å². The van der Waals surface area contributed by atoms with Crippen molar-refractivity contribution in [3.63, 3.8) is 0 Å². The van der Waals surface area contributed by atoms with Crippen molar-refractivity contribution in [2.45, 2.75) is 44.9 Å². The van der Waals surface area contributed by atoms with Gasteiger partial charge in [-0.1, -0.05) is 43.1 Å². The molecule has 2 aliphatic heterocycles. The van der Waals surface area contributed by atoms with E-state index in [1.165, 1.54) is 5.56 Å². The third-order valence-electron chi connectivity index (χ3n) is 6.82. The lowest BCUT2D eigenvalue weighted by atomic mass is 9.84. The average molecular weight is 468 g/mol. The molecule has 0 N–H and O–H groups in total. The molecule has 0 amide bonds. The van der Waals surface area contributed by atoms with Crippen LogP contribution in [-0.2, 0) is 0 Å². The third kappa shape index (κ3) is 5.59. The van der Waals surface area contributed by atoms with Gasteiger partial charge in [0.1, 0.15) is 18.2 Å². The second kappa shape index (κ2) is 11.2. The first-order chi connectivity index (χ1) is 16.1. The van der Waals surface area contributed by atoms with E-state index in [4.69, 9.17) is 16.3 Å². The molecule has 0 bridgehead atoms. The topological polar surface area (TPSA) is 45.1 Å². The number of carbonyl (C=O) groups excluding carboxylic acids is 1. The molecule has 4 rings (SSSR count). The zero-order valence-corrected chi connectivity index (χ0v) is 20.5. The quantitative estimate of drug-likeness (QED) is 0.459. The molecule has 0 unspecified atom stereocenters. The Hall–Kier alpha value is -2.37. The third-order valence-corrected chi connectivity index (χ3v) is 7.06. The van der Waals surface area contributed by atoms with Gasteiger partial charge in [-0.25, -0.2) is 0 Å². The number of piperidine rings is 1. The number of amidine groups is 1. The Morgan fingerprint density at radius 3 is 2.70 bits per heavy atom. The molecular weight excluding hydrogens is 434 g/mol. The van der Waals surface area contributed by atoms with E-state index in [0.717, 1.165) is 74.7 Å². The summed E-state index contributed by atoms with van der Waals surface area (Å²) in [4.78, 5) is 22.1. The Balaban J connectivity index is 1.38. The second-order valence-electron chi connectivity index (χ2n) is 8.92. The normalized spacial score (nSPS) is 18.3. The summed E-state index contributed by atoms with van der Waals surface area (Å²) in [6.07, 6.45) is 4.67. The first-order valence-electron chi connectivity index (χ1n) is 12.1. The van der Waals surface area contributed by atoms with E-state index in [0.29, 0.717) is 24.0 Å². The van der Waals surface area contributed by atoms with E-state index >= 15 is 0 Å². The summed E-state index contributed by atoms with van der Waals surface area (Å²) in [5, 5.41) is 0.648. The minimum atomic E-state index is 0.231. The zero-order valence-electron chi connectivity index (χ0n) is 19.7. The Bertz CT molecular complexity index is 999. The van der Waals surface area contributed by atoms with Crippen LogP contribution in [0.15, 0.2) is 47.5 Å². The molecule has 2 heterocycles. The maximum atomic E-state index is 12.8. The summed E-state index contributed by atoms with van der Waals surface area (Å²) in [5.74, 6) is 2.54. The maximum Gasteiger partial charge on any atom is 0.163 e. The fourth-order valence-electron chi connectivity index (χ4n) is 4.90. The number of carbonyl (C=O) groups is 1. The highest BCUT2D eigenvalue weighted by Gasteiger charge is 2.27. The van der Waals surface area contributed by atoms with Crippen molar-refractivity contribution in [1.29, 1.82) is 0 Å². The van der Waals surface area contributed by atoms with E-state index in [2.05, 4.69) is 33.8 Å². The average Bonchev–Trinajstić information content (AvgIpc) is 2.86. The molecule has 2 aromatic carbocycles. The van der Waals surface area contributed by atoms with Crippen molar-refractivity contribution < 1.29 is 9.53 Å². The first kappa shape index (κ1) is 23.8. The van der Waals surface area contributed by atoms with Crippen molar-refractivity contribution in [2.75, 3.05) is 44.7 Å². The van der Waals surface area contributed by atoms with E-state index in [9.17, 15) is 4.79 Å². The molecule has 176 valence electrons. The van der Waals surface area contributed by atoms with Crippen LogP contribution >= 0.6 is 11.6 Å². The van der Waals surface area contributed by atoms with Crippen LogP contribution in [0.2, 0.25) is 5.02 Å². The summed E-state index contributed by atoms with van der Waals surface area (Å²) < 4.78 is 5.85. The lowest BCUT2D eigenvalue weighted by Crippen LogP contribution is -2.45. The van der Waals surface area contributed by atoms with Gasteiger partial charge in [-0.3, -0.25) is 9.79 Å². The number of ether oxygens (including phenoxy) is 1. The zero-order chi connectivity index (χ0) is 23.2. The summed E-state index contributed by atoms with van der Waals surface area (Å²) in [5.41, 5.74) is 3.11. The number of para-hydroxylation sites is 2. The lowest BCUT2D eigenvalue weighted by molar-refractivity contribution is 0.0977. The van der Waals surface area contributed by atoms with Crippen LogP contribution in [-0.4, -0.2) is 56.4 Å². The smallest absolute Gasteiger partial charge is 0.163 e. The number of rotatable bonds is 8. The van der Waals surface area contributed by atoms with Gasteiger partial charge in [-0.2, -0.15) is 0 Å². The van der Waals surface area contributed by atoms with Crippen LogP contribution in [0.4, 0.5) is 5.69 Å². The molecule has 0 spiro atoms. The number of unbranched alkanes of at least 4 members (excludes halogenated alkanes) is 1. The van der Waals surface area contributed by atoms with Gasteiger partial charge in [0.05, 0.1) is 5.69 Å². The molecular formula is C27H34ClN3O2. The Kier molecular flexibility index (Phi) is 8.05. The molecule has 0 saturated carbocycles. The number of halogens is 1. The largest absolute Gasteiger partial charge is 0.484 e. The fourth-order valence-corrected chi connectivity index (χ4v) is 5.08. The van der Waals surface area contributed by atoms with E-state index in [-0.39, 0.29) is 5.78 Å². The van der Waals surface area contributed by atoms with Gasteiger partial charge in [0.15, 0.2) is 5.78 Å². The molecule has 2 aromatic rings. The van der Waals surface area contributed by atoms with E-state index < -0.39 is 0 Å². The van der Waals surface area contributed by atoms with Crippen molar-refractivity contribution >= 4 is 28.9 Å². The predicted molar refractivity (Wildman–Crippen MR) is 136 cm³/mol. The number of hydrogen-bond acceptors (Lipinski definition) is 4. The monoisotopic (exact) mass is 467 g/mol. The SMILES string of the molecule is CCCCC(=O)c1cc(Cl)ccc1C1CCN(CCN2C(=NC)COc3ccccc32)CC1. The van der Waals surface area contributed by atoms with Crippen LogP contribution in [0.3, 0.4) is 0 Å². The minimum Gasteiger partial charge on any atom is -0.484 e. The van der Waals surface area contributed by atoms with Gasteiger partial charge in [-0.15, -0.1) is 0 Å². The number of fused-ring (bicyclic) bond motifs is 1. The number of Topliss-reactive ketones (excluding diaryl/α,β-unsaturated/α-hetero) is 1. The predicted octanol–water partition coefficient (Wildman–Crippen LogP) is 5.82. The molecule has 5 nitrogen and oxygen atoms in total. The molecule has 0 radical (unpaired) electrons. The highest BCUT2D eigenvalue weighted by molar-refractivity contribution is 6.31. The molecule has 33 heavy (non-hydrogen) atoms. The number of hydrogen-bond donors (Lipinski definition) is 0. The van der Waals surface area contributed by atoms with Crippen molar-refractivity contribution in [1.82, 2.24) is 4.90 Å². The molecule has 1 saturated heterocycles. The summed E-state index contributed by atoms with van der Waals surface area (Å²) in [7, 11) is 1.83. The number of likely N-dealkylation sites (tertiary alicyclic amines) is 1. The van der Waals surface area contributed by atoms with Crippen LogP contribution in [0.1, 0.15) is 60.9 Å². The molecule has 0 aliphatic carbocycles. The molecule has 0 atom stereocenters. The van der Waals surface area contributed by atoms with Gasteiger partial charge in [0.25, 0.3) is 0 Å². The van der Waals surface area contributed by atoms with Crippen molar-refractivity contribution in [3.05, 3.63) is 58.6 Å². The highest BCUT2D eigenvalue weighted by atomic mass is 35.5. The summed E-state index contributed by atoms with van der Waals surface area (Å²) in [6.45, 7) is 6.55. The number of ketones is 1. The standard InChI is InChI=1S/C27H34ClN3O2/c1-3-4-8-25(32)23-18-21(28)10-11-22(23)20-12-14-30(15-13-20)16-17-31-24-7-5-6-9-26(24)33-19-27(31)29-2/h5-7,9-11,18,20H,3-4,8,12-17,19H2,1-2H3. The fraction of sp³-hybridized carbons (Fsp3) is 0.481. The van der Waals surface area contributed by atoms with Gasteiger partial charge in [0.2, 0.25) is 0 Å². The Morgan fingerprint density at radius 2 is 1.94 bits per heavy atom. The Morgan fingerprint density at radius 1 is 1.15 bits per heavy atom. The molecule has 1 fully saturated rings. The Labute approximate surface area is 202 Å². The van der Waals surface area contributed by atoms with Gasteiger partial charge in [-0.05, 0) is 68.1 Å². The number of benzene rings is 2.